The SMILES string of the molecule is COc1cc(Cl)c(OC(C)=O)c(C(=O)O)c1. The summed E-state index contributed by atoms with van der Waals surface area (Å²) in [6.07, 6.45) is 0. The van der Waals surface area contributed by atoms with E-state index in [1.807, 2.05) is 0 Å². The van der Waals surface area contributed by atoms with Crippen LogP contribution in [0, 0.1) is 0 Å². The molecule has 0 aliphatic carbocycles. The molecule has 0 heterocycles. The van der Waals surface area contributed by atoms with Crippen molar-refractivity contribution >= 4 is 23.5 Å². The number of carbonyl (C=O) groups is 2. The Labute approximate surface area is 96.5 Å². The van der Waals surface area contributed by atoms with E-state index < -0.39 is 11.9 Å². The Morgan fingerprint density at radius 1 is 1.38 bits per heavy atom. The normalized spacial score (nSPS) is 9.69. The lowest BCUT2D eigenvalue weighted by Gasteiger charge is -2.09. The molecule has 6 heteroatoms. The van der Waals surface area contributed by atoms with Gasteiger partial charge in [0, 0.05) is 13.0 Å². The number of ether oxygens (including phenoxy) is 2. The Hall–Kier alpha value is -1.75. The van der Waals surface area contributed by atoms with Crippen LogP contribution in [0.3, 0.4) is 0 Å². The highest BCUT2D eigenvalue weighted by Gasteiger charge is 2.18. The Bertz CT molecular complexity index is 441. The second-order valence-electron chi connectivity index (χ2n) is 2.88. The van der Waals surface area contributed by atoms with Crippen molar-refractivity contribution in [2.24, 2.45) is 0 Å². The minimum Gasteiger partial charge on any atom is -0.497 e. The Morgan fingerprint density at radius 3 is 2.44 bits per heavy atom. The summed E-state index contributed by atoms with van der Waals surface area (Å²) in [5.41, 5.74) is -0.223. The first-order valence-corrected chi connectivity index (χ1v) is 4.62. The zero-order valence-corrected chi connectivity index (χ0v) is 9.37. The molecule has 0 saturated heterocycles. The number of methoxy groups -OCH3 is 1. The highest BCUT2D eigenvalue weighted by atomic mass is 35.5. The van der Waals surface area contributed by atoms with E-state index >= 15 is 0 Å². The van der Waals surface area contributed by atoms with Crippen molar-refractivity contribution < 1.29 is 24.2 Å². The van der Waals surface area contributed by atoms with Gasteiger partial charge in [-0.05, 0) is 6.07 Å². The van der Waals surface area contributed by atoms with Gasteiger partial charge in [0.05, 0.1) is 12.1 Å². The third-order valence-corrected chi connectivity index (χ3v) is 2.01. The summed E-state index contributed by atoms with van der Waals surface area (Å²) in [7, 11) is 1.38. The summed E-state index contributed by atoms with van der Waals surface area (Å²) < 4.78 is 9.59. The van der Waals surface area contributed by atoms with Crippen LogP contribution in [0.1, 0.15) is 17.3 Å². The number of esters is 1. The van der Waals surface area contributed by atoms with Gasteiger partial charge in [0.25, 0.3) is 0 Å². The average Bonchev–Trinajstić information content (AvgIpc) is 2.19. The molecule has 5 nitrogen and oxygen atoms in total. The lowest BCUT2D eigenvalue weighted by Crippen LogP contribution is -2.08. The van der Waals surface area contributed by atoms with Gasteiger partial charge in [-0.15, -0.1) is 0 Å². The van der Waals surface area contributed by atoms with E-state index in [-0.39, 0.29) is 22.1 Å². The fourth-order valence-electron chi connectivity index (χ4n) is 1.09. The standard InChI is InChI=1S/C10H9ClO5/c1-5(12)16-9-7(10(13)14)3-6(15-2)4-8(9)11/h3-4H,1-2H3,(H,13,14). The molecule has 0 aromatic heterocycles. The van der Waals surface area contributed by atoms with Gasteiger partial charge >= 0.3 is 11.9 Å². The molecular weight excluding hydrogens is 236 g/mol. The highest BCUT2D eigenvalue weighted by molar-refractivity contribution is 6.33. The van der Waals surface area contributed by atoms with Gasteiger partial charge in [0.2, 0.25) is 0 Å². The molecule has 0 unspecified atom stereocenters. The van der Waals surface area contributed by atoms with E-state index in [9.17, 15) is 9.59 Å². The fraction of sp³-hybridized carbons (Fsp3) is 0.200. The Kier molecular flexibility index (Phi) is 3.73. The molecule has 86 valence electrons. The first kappa shape index (κ1) is 12.3. The number of carboxylic acids is 1. The topological polar surface area (TPSA) is 72.8 Å². The number of hydrogen-bond donors (Lipinski definition) is 1. The number of hydrogen-bond acceptors (Lipinski definition) is 4. The van der Waals surface area contributed by atoms with Crippen molar-refractivity contribution in [2.45, 2.75) is 6.92 Å². The van der Waals surface area contributed by atoms with Crippen molar-refractivity contribution in [3.8, 4) is 11.5 Å². The number of rotatable bonds is 3. The summed E-state index contributed by atoms with van der Waals surface area (Å²) >= 11 is 5.78. The average molecular weight is 245 g/mol. The van der Waals surface area contributed by atoms with Gasteiger partial charge in [-0.3, -0.25) is 4.79 Å². The van der Waals surface area contributed by atoms with E-state index in [1.54, 1.807) is 0 Å². The summed E-state index contributed by atoms with van der Waals surface area (Å²) in [6, 6.07) is 2.60. The molecule has 0 amide bonds. The lowest BCUT2D eigenvalue weighted by molar-refractivity contribution is -0.131. The van der Waals surface area contributed by atoms with Crippen LogP contribution < -0.4 is 9.47 Å². The molecular formula is C10H9ClO5. The summed E-state index contributed by atoms with van der Waals surface area (Å²) in [5.74, 6) is -1.80. The zero-order valence-electron chi connectivity index (χ0n) is 8.61. The lowest BCUT2D eigenvalue weighted by atomic mass is 10.2. The molecule has 0 atom stereocenters. The van der Waals surface area contributed by atoms with Crippen molar-refractivity contribution in [3.05, 3.63) is 22.7 Å². The monoisotopic (exact) mass is 244 g/mol. The minimum absolute atomic E-state index is 0.00644. The predicted molar refractivity (Wildman–Crippen MR) is 56.3 cm³/mol. The number of carbonyl (C=O) groups excluding carboxylic acids is 1. The van der Waals surface area contributed by atoms with E-state index in [4.69, 9.17) is 26.2 Å². The van der Waals surface area contributed by atoms with Crippen LogP contribution in [0.25, 0.3) is 0 Å². The second kappa shape index (κ2) is 4.85. The van der Waals surface area contributed by atoms with Crippen LogP contribution in [0.4, 0.5) is 0 Å². The maximum atomic E-state index is 10.9. The van der Waals surface area contributed by atoms with E-state index in [2.05, 4.69) is 0 Å². The van der Waals surface area contributed by atoms with Gasteiger partial charge in [-0.2, -0.15) is 0 Å². The van der Waals surface area contributed by atoms with Crippen LogP contribution in [0.5, 0.6) is 11.5 Å². The third kappa shape index (κ3) is 2.64. The Balaban J connectivity index is 3.33. The van der Waals surface area contributed by atoms with Crippen LogP contribution in [-0.2, 0) is 4.79 Å². The van der Waals surface area contributed by atoms with E-state index in [1.165, 1.54) is 19.2 Å². The summed E-state index contributed by atoms with van der Waals surface area (Å²) in [4.78, 5) is 21.7. The molecule has 0 aliphatic heterocycles. The van der Waals surface area contributed by atoms with Crippen molar-refractivity contribution in [1.82, 2.24) is 0 Å². The molecule has 0 fully saturated rings. The van der Waals surface area contributed by atoms with Crippen LogP contribution >= 0.6 is 11.6 Å². The molecule has 1 aromatic rings. The minimum atomic E-state index is -1.25. The quantitative estimate of drug-likeness (QED) is 0.650. The molecule has 1 rings (SSSR count). The van der Waals surface area contributed by atoms with Crippen LogP contribution in [-0.4, -0.2) is 24.2 Å². The van der Waals surface area contributed by atoms with Crippen molar-refractivity contribution in [2.75, 3.05) is 7.11 Å². The zero-order chi connectivity index (χ0) is 12.3. The van der Waals surface area contributed by atoms with E-state index in [0.29, 0.717) is 0 Å². The summed E-state index contributed by atoms with van der Waals surface area (Å²) in [6.45, 7) is 1.16. The molecule has 0 radical (unpaired) electrons. The first-order chi connectivity index (χ1) is 7.45. The maximum Gasteiger partial charge on any atom is 0.339 e. The largest absolute Gasteiger partial charge is 0.497 e. The highest BCUT2D eigenvalue weighted by Crippen LogP contribution is 2.33. The van der Waals surface area contributed by atoms with Crippen LogP contribution in [0.15, 0.2) is 12.1 Å². The molecule has 1 aromatic carbocycles. The van der Waals surface area contributed by atoms with Crippen molar-refractivity contribution in [3.63, 3.8) is 0 Å². The molecule has 16 heavy (non-hydrogen) atoms. The first-order valence-electron chi connectivity index (χ1n) is 4.25. The smallest absolute Gasteiger partial charge is 0.339 e. The van der Waals surface area contributed by atoms with Gasteiger partial charge in [0.15, 0.2) is 5.75 Å². The molecule has 0 aliphatic rings. The molecule has 0 saturated carbocycles. The second-order valence-corrected chi connectivity index (χ2v) is 3.29. The van der Waals surface area contributed by atoms with Crippen LogP contribution in [0.2, 0.25) is 5.02 Å². The number of carboxylic acid groups (broad SMARTS) is 1. The maximum absolute atomic E-state index is 10.9. The van der Waals surface area contributed by atoms with Gasteiger partial charge in [0.1, 0.15) is 11.3 Å². The van der Waals surface area contributed by atoms with Gasteiger partial charge in [-0.1, -0.05) is 11.6 Å². The van der Waals surface area contributed by atoms with Gasteiger partial charge < -0.3 is 14.6 Å². The third-order valence-electron chi connectivity index (χ3n) is 1.73. The van der Waals surface area contributed by atoms with Crippen molar-refractivity contribution in [1.29, 1.82) is 0 Å². The number of aromatic carboxylic acids is 1. The van der Waals surface area contributed by atoms with Gasteiger partial charge in [-0.25, -0.2) is 4.79 Å². The number of halogens is 1. The predicted octanol–water partition coefficient (Wildman–Crippen LogP) is 1.97. The molecule has 1 N–H and O–H groups in total. The molecule has 0 bridgehead atoms. The Morgan fingerprint density at radius 2 is 2.00 bits per heavy atom. The molecule has 0 spiro atoms. The fourth-order valence-corrected chi connectivity index (χ4v) is 1.34. The summed E-state index contributed by atoms with van der Waals surface area (Å²) in [5, 5.41) is 8.92. The van der Waals surface area contributed by atoms with E-state index in [0.717, 1.165) is 6.92 Å². The number of benzene rings is 1.